The Hall–Kier alpha value is -4.05. The highest BCUT2D eigenvalue weighted by molar-refractivity contribution is 7.90. The lowest BCUT2D eigenvalue weighted by molar-refractivity contribution is 0.102. The first kappa shape index (κ1) is 27.0. The molecular formula is C28H29FN4O4S. The molecule has 0 fully saturated rings. The molecule has 1 N–H and O–H groups in total. The maximum atomic E-state index is 13.4. The number of halogens is 1. The number of amides is 1. The normalized spacial score (nSPS) is 11.8. The molecule has 0 aliphatic carbocycles. The summed E-state index contributed by atoms with van der Waals surface area (Å²) in [6, 6.07) is 16.9. The molecule has 198 valence electrons. The highest BCUT2D eigenvalue weighted by Gasteiger charge is 2.24. The SMILES string of the molecule is CC(C)(C)c1ccc(CN(Cc2ccco2)c2cnc(S(C)(=O)=O)nc2C(=O)Nc2ccc(F)cc2)cc1. The number of hydrogen-bond donors (Lipinski definition) is 1. The fraction of sp³-hybridized carbons (Fsp3) is 0.250. The van der Waals surface area contributed by atoms with Crippen molar-refractivity contribution >= 4 is 27.1 Å². The Bertz CT molecular complexity index is 1510. The van der Waals surface area contributed by atoms with Crippen molar-refractivity contribution in [3.63, 3.8) is 0 Å². The molecule has 0 atom stereocenters. The van der Waals surface area contributed by atoms with Gasteiger partial charge >= 0.3 is 0 Å². The van der Waals surface area contributed by atoms with Gasteiger partial charge in [-0.3, -0.25) is 4.79 Å². The minimum absolute atomic E-state index is 0.00663. The molecular weight excluding hydrogens is 507 g/mol. The Balaban J connectivity index is 1.76. The average molecular weight is 537 g/mol. The van der Waals surface area contributed by atoms with Crippen LogP contribution in [0.3, 0.4) is 0 Å². The quantitative estimate of drug-likeness (QED) is 0.302. The van der Waals surface area contributed by atoms with Crippen molar-refractivity contribution < 1.29 is 22.0 Å². The minimum atomic E-state index is -3.80. The number of rotatable bonds is 8. The average Bonchev–Trinajstić information content (AvgIpc) is 3.37. The van der Waals surface area contributed by atoms with Gasteiger partial charge in [0.05, 0.1) is 24.7 Å². The summed E-state index contributed by atoms with van der Waals surface area (Å²) < 4.78 is 43.4. The van der Waals surface area contributed by atoms with Gasteiger partial charge in [-0.25, -0.2) is 22.8 Å². The Morgan fingerprint density at radius 1 is 1.03 bits per heavy atom. The third-order valence-corrected chi connectivity index (χ3v) is 6.72. The maximum absolute atomic E-state index is 13.4. The lowest BCUT2D eigenvalue weighted by atomic mass is 9.87. The van der Waals surface area contributed by atoms with Gasteiger partial charge in [0, 0.05) is 18.5 Å². The molecule has 8 nitrogen and oxygen atoms in total. The molecule has 0 unspecified atom stereocenters. The maximum Gasteiger partial charge on any atom is 0.276 e. The number of carbonyl (C=O) groups is 1. The second-order valence-corrected chi connectivity index (χ2v) is 11.9. The van der Waals surface area contributed by atoms with E-state index < -0.39 is 26.7 Å². The Labute approximate surface area is 221 Å². The van der Waals surface area contributed by atoms with Crippen LogP contribution >= 0.6 is 0 Å². The van der Waals surface area contributed by atoms with Crippen LogP contribution in [0.15, 0.2) is 82.7 Å². The highest BCUT2D eigenvalue weighted by Crippen LogP contribution is 2.27. The predicted octanol–water partition coefficient (Wildman–Crippen LogP) is 5.37. The predicted molar refractivity (Wildman–Crippen MR) is 143 cm³/mol. The van der Waals surface area contributed by atoms with Crippen LogP contribution < -0.4 is 10.2 Å². The van der Waals surface area contributed by atoms with Crippen molar-refractivity contribution in [1.82, 2.24) is 9.97 Å². The molecule has 38 heavy (non-hydrogen) atoms. The van der Waals surface area contributed by atoms with E-state index in [2.05, 4.69) is 48.2 Å². The summed E-state index contributed by atoms with van der Waals surface area (Å²) in [6.45, 7) is 7.05. The molecule has 2 heterocycles. The van der Waals surface area contributed by atoms with Crippen molar-refractivity contribution in [3.8, 4) is 0 Å². The molecule has 0 aliphatic rings. The summed E-state index contributed by atoms with van der Waals surface area (Å²) in [4.78, 5) is 23.4. The summed E-state index contributed by atoms with van der Waals surface area (Å²) >= 11 is 0. The summed E-state index contributed by atoms with van der Waals surface area (Å²) in [5.41, 5.74) is 2.64. The van der Waals surface area contributed by atoms with Crippen molar-refractivity contribution in [2.45, 2.75) is 44.4 Å². The molecule has 0 saturated heterocycles. The van der Waals surface area contributed by atoms with Gasteiger partial charge in [0.2, 0.25) is 15.0 Å². The van der Waals surface area contributed by atoms with Crippen LogP contribution in [0.5, 0.6) is 0 Å². The van der Waals surface area contributed by atoms with Crippen LogP contribution in [-0.2, 0) is 28.3 Å². The molecule has 10 heteroatoms. The largest absolute Gasteiger partial charge is 0.467 e. The van der Waals surface area contributed by atoms with Gasteiger partial charge in [-0.1, -0.05) is 45.0 Å². The lowest BCUT2D eigenvalue weighted by Crippen LogP contribution is -2.27. The van der Waals surface area contributed by atoms with E-state index in [0.29, 0.717) is 23.7 Å². The fourth-order valence-electron chi connectivity index (χ4n) is 3.81. The number of carbonyl (C=O) groups excluding carboxylic acids is 1. The molecule has 0 bridgehead atoms. The molecule has 4 aromatic rings. The van der Waals surface area contributed by atoms with E-state index in [4.69, 9.17) is 4.42 Å². The van der Waals surface area contributed by atoms with Crippen LogP contribution in [0, 0.1) is 5.82 Å². The highest BCUT2D eigenvalue weighted by atomic mass is 32.2. The van der Waals surface area contributed by atoms with E-state index in [1.807, 2.05) is 17.0 Å². The summed E-state index contributed by atoms with van der Waals surface area (Å²) in [5, 5.41) is 2.19. The number of nitrogens with one attached hydrogen (secondary N) is 1. The molecule has 0 aliphatic heterocycles. The summed E-state index contributed by atoms with van der Waals surface area (Å²) in [7, 11) is -3.80. The molecule has 0 radical (unpaired) electrons. The van der Waals surface area contributed by atoms with Gasteiger partial charge in [-0.05, 0) is 52.9 Å². The number of hydrogen-bond acceptors (Lipinski definition) is 7. The second-order valence-electron chi connectivity index (χ2n) is 10.0. The Morgan fingerprint density at radius 2 is 1.71 bits per heavy atom. The first-order valence-electron chi connectivity index (χ1n) is 11.9. The van der Waals surface area contributed by atoms with E-state index in [0.717, 1.165) is 11.8 Å². The summed E-state index contributed by atoms with van der Waals surface area (Å²) in [5.74, 6) is -0.480. The standard InChI is InChI=1S/C28H29FN4O4S/c1-28(2,3)20-9-7-19(8-10-20)17-33(18-23-6-5-15-37-23)24-16-30-27(38(4,35)36)32-25(24)26(34)31-22-13-11-21(29)12-14-22/h5-16H,17-18H2,1-4H3,(H,31,34). The van der Waals surface area contributed by atoms with E-state index in [9.17, 15) is 17.6 Å². The van der Waals surface area contributed by atoms with Crippen LogP contribution in [-0.4, -0.2) is 30.5 Å². The van der Waals surface area contributed by atoms with Crippen molar-refractivity contribution in [2.24, 2.45) is 0 Å². The zero-order valence-electron chi connectivity index (χ0n) is 21.6. The molecule has 0 spiro atoms. The Morgan fingerprint density at radius 3 is 2.29 bits per heavy atom. The van der Waals surface area contributed by atoms with Crippen molar-refractivity contribution in [2.75, 3.05) is 16.5 Å². The third-order valence-electron chi connectivity index (χ3n) is 5.86. The van der Waals surface area contributed by atoms with Crippen LogP contribution in [0.1, 0.15) is 48.1 Å². The van der Waals surface area contributed by atoms with Gasteiger partial charge in [0.15, 0.2) is 5.69 Å². The van der Waals surface area contributed by atoms with Gasteiger partial charge < -0.3 is 14.6 Å². The van der Waals surface area contributed by atoms with E-state index >= 15 is 0 Å². The number of anilines is 2. The number of benzene rings is 2. The van der Waals surface area contributed by atoms with Crippen LogP contribution in [0.4, 0.5) is 15.8 Å². The first-order valence-corrected chi connectivity index (χ1v) is 13.8. The lowest BCUT2D eigenvalue weighted by Gasteiger charge is -2.26. The van der Waals surface area contributed by atoms with Gasteiger partial charge in [-0.2, -0.15) is 0 Å². The second kappa shape index (κ2) is 10.7. The Kier molecular flexibility index (Phi) is 7.63. The molecule has 0 saturated carbocycles. The van der Waals surface area contributed by atoms with Crippen molar-refractivity contribution in [1.29, 1.82) is 0 Å². The van der Waals surface area contributed by atoms with Crippen molar-refractivity contribution in [3.05, 3.63) is 102 Å². The fourth-order valence-corrected chi connectivity index (χ4v) is 4.31. The molecule has 1 amide bonds. The molecule has 2 aromatic carbocycles. The number of sulfone groups is 1. The summed E-state index contributed by atoms with van der Waals surface area (Å²) in [6.07, 6.45) is 3.85. The number of aromatic nitrogens is 2. The van der Waals surface area contributed by atoms with E-state index in [1.54, 1.807) is 18.4 Å². The zero-order valence-corrected chi connectivity index (χ0v) is 22.4. The van der Waals surface area contributed by atoms with Gasteiger partial charge in [0.1, 0.15) is 11.6 Å². The van der Waals surface area contributed by atoms with E-state index in [1.165, 1.54) is 36.0 Å². The first-order chi connectivity index (χ1) is 17.9. The smallest absolute Gasteiger partial charge is 0.276 e. The van der Waals surface area contributed by atoms with Gasteiger partial charge in [0.25, 0.3) is 5.91 Å². The van der Waals surface area contributed by atoms with Crippen LogP contribution in [0.2, 0.25) is 0 Å². The third kappa shape index (κ3) is 6.63. The monoisotopic (exact) mass is 536 g/mol. The number of furan rings is 1. The topological polar surface area (TPSA) is 105 Å². The van der Waals surface area contributed by atoms with E-state index in [-0.39, 0.29) is 17.7 Å². The van der Waals surface area contributed by atoms with Gasteiger partial charge in [-0.15, -0.1) is 0 Å². The molecule has 2 aromatic heterocycles. The van der Waals surface area contributed by atoms with Crippen LogP contribution in [0.25, 0.3) is 0 Å². The zero-order chi connectivity index (χ0) is 27.5. The molecule has 4 rings (SSSR count). The number of nitrogens with zero attached hydrogens (tertiary/aromatic N) is 3. The minimum Gasteiger partial charge on any atom is -0.467 e.